The van der Waals surface area contributed by atoms with Crippen LogP contribution in [-0.4, -0.2) is 64.3 Å². The van der Waals surface area contributed by atoms with E-state index in [0.717, 1.165) is 37.9 Å². The lowest BCUT2D eigenvalue weighted by molar-refractivity contribution is -0.141. The summed E-state index contributed by atoms with van der Waals surface area (Å²) in [5.74, 6) is -1.48. The van der Waals surface area contributed by atoms with Crippen molar-refractivity contribution in [2.24, 2.45) is 11.8 Å². The van der Waals surface area contributed by atoms with Gasteiger partial charge in [0, 0.05) is 38.0 Å². The number of esters is 1. The van der Waals surface area contributed by atoms with Crippen LogP contribution in [0.15, 0.2) is 42.5 Å². The van der Waals surface area contributed by atoms with Gasteiger partial charge in [-0.15, -0.1) is 0 Å². The zero-order valence-electron chi connectivity index (χ0n) is 22.2. The summed E-state index contributed by atoms with van der Waals surface area (Å²) in [5.41, 5.74) is 3.58. The molecule has 10 heteroatoms. The summed E-state index contributed by atoms with van der Waals surface area (Å²) in [6, 6.07) is 8.55. The maximum atomic E-state index is 12.3. The second-order valence-corrected chi connectivity index (χ2v) is 10.00. The average molecular weight is 535 g/mol. The number of nitrogens with zero attached hydrogens (tertiary/aromatic N) is 3. The molecule has 206 valence electrons. The van der Waals surface area contributed by atoms with Crippen LogP contribution in [0.3, 0.4) is 0 Å². The number of nitrogens with one attached hydrogen (secondary N) is 1. The molecule has 3 N–H and O–H groups in total. The van der Waals surface area contributed by atoms with Crippen molar-refractivity contribution in [3.8, 4) is 5.75 Å². The molecule has 1 atom stereocenters. The summed E-state index contributed by atoms with van der Waals surface area (Å²) >= 11 is 0. The maximum Gasteiger partial charge on any atom is 0.322 e. The SMILES string of the molecule is CC(=O)OCC1C=CC(c2ccc(N3CCC(Cc4nc(C)c(O)c(C(=O)NCC(=O)O)n4)CC3)cc2)=CC1. The predicted octanol–water partition coefficient (Wildman–Crippen LogP) is 3.29. The van der Waals surface area contributed by atoms with Gasteiger partial charge >= 0.3 is 11.9 Å². The summed E-state index contributed by atoms with van der Waals surface area (Å²) < 4.78 is 5.11. The van der Waals surface area contributed by atoms with Gasteiger partial charge < -0.3 is 25.2 Å². The Hall–Kier alpha value is -4.21. The third-order valence-electron chi connectivity index (χ3n) is 7.06. The molecule has 2 aromatic rings. The largest absolute Gasteiger partial charge is 0.504 e. The number of aromatic hydroxyl groups is 1. The fourth-order valence-corrected chi connectivity index (χ4v) is 4.86. The summed E-state index contributed by atoms with van der Waals surface area (Å²) in [6.07, 6.45) is 9.66. The highest BCUT2D eigenvalue weighted by molar-refractivity contribution is 5.96. The fourth-order valence-electron chi connectivity index (χ4n) is 4.86. The fraction of sp³-hybridized carbons (Fsp3) is 0.414. The molecule has 2 aliphatic rings. The van der Waals surface area contributed by atoms with E-state index in [2.05, 4.69) is 62.7 Å². The van der Waals surface area contributed by atoms with Crippen LogP contribution >= 0.6 is 0 Å². The Labute approximate surface area is 227 Å². The Morgan fingerprint density at radius 1 is 1.13 bits per heavy atom. The summed E-state index contributed by atoms with van der Waals surface area (Å²) in [7, 11) is 0. The van der Waals surface area contributed by atoms with Crippen molar-refractivity contribution in [2.45, 2.75) is 39.5 Å². The van der Waals surface area contributed by atoms with Crippen molar-refractivity contribution >= 4 is 29.1 Å². The Kier molecular flexibility index (Phi) is 8.96. The molecule has 10 nitrogen and oxygen atoms in total. The molecule has 0 bridgehead atoms. The average Bonchev–Trinajstić information content (AvgIpc) is 2.93. The van der Waals surface area contributed by atoms with Crippen molar-refractivity contribution in [3.63, 3.8) is 0 Å². The summed E-state index contributed by atoms with van der Waals surface area (Å²) in [6.45, 7) is 4.64. The Morgan fingerprint density at radius 2 is 1.85 bits per heavy atom. The van der Waals surface area contributed by atoms with Crippen LogP contribution in [0.4, 0.5) is 5.69 Å². The van der Waals surface area contributed by atoms with Crippen molar-refractivity contribution in [1.29, 1.82) is 0 Å². The van der Waals surface area contributed by atoms with Crippen LogP contribution < -0.4 is 10.2 Å². The molecule has 2 heterocycles. The molecule has 4 rings (SSSR count). The first kappa shape index (κ1) is 27.8. The number of piperidine rings is 1. The number of aryl methyl sites for hydroxylation is 1. The number of allylic oxidation sites excluding steroid dienone is 3. The summed E-state index contributed by atoms with van der Waals surface area (Å²) in [4.78, 5) is 45.0. The molecule has 1 aromatic carbocycles. The molecule has 1 unspecified atom stereocenters. The van der Waals surface area contributed by atoms with E-state index in [0.29, 0.717) is 30.5 Å². The van der Waals surface area contributed by atoms with E-state index in [1.54, 1.807) is 6.92 Å². The Balaban J connectivity index is 1.30. The minimum Gasteiger partial charge on any atom is -0.504 e. The lowest BCUT2D eigenvalue weighted by Gasteiger charge is -2.33. The molecule has 1 amide bonds. The second kappa shape index (κ2) is 12.6. The number of carbonyl (C=O) groups is 3. The number of carboxylic acid groups (broad SMARTS) is 1. The highest BCUT2D eigenvalue weighted by Gasteiger charge is 2.24. The standard InChI is InChI=1S/C29H34N4O6/c1-18-28(37)27(29(38)30-16-26(35)36)32-25(31-18)15-20-11-13-33(14-12-20)24-9-7-23(8-10-24)22-5-3-21(4-6-22)17-39-19(2)34/h3,5-10,20-21,37H,4,11-17H2,1-2H3,(H,30,38)(H,35,36). The van der Waals surface area contributed by atoms with Gasteiger partial charge in [-0.3, -0.25) is 14.4 Å². The minimum atomic E-state index is -1.18. The van der Waals surface area contributed by atoms with Gasteiger partial charge in [-0.1, -0.05) is 30.4 Å². The van der Waals surface area contributed by atoms with Crippen molar-refractivity contribution in [1.82, 2.24) is 15.3 Å². The minimum absolute atomic E-state index is 0.195. The molecule has 1 aliphatic heterocycles. The lowest BCUT2D eigenvalue weighted by Crippen LogP contribution is -2.34. The summed E-state index contributed by atoms with van der Waals surface area (Å²) in [5, 5.41) is 21.2. The molecule has 1 saturated heterocycles. The Morgan fingerprint density at radius 3 is 2.46 bits per heavy atom. The number of aromatic nitrogens is 2. The van der Waals surface area contributed by atoms with Crippen LogP contribution in [0.5, 0.6) is 5.75 Å². The van der Waals surface area contributed by atoms with Gasteiger partial charge in [0.1, 0.15) is 12.4 Å². The van der Waals surface area contributed by atoms with Crippen molar-refractivity contribution in [2.75, 3.05) is 31.1 Å². The van der Waals surface area contributed by atoms with Gasteiger partial charge in [0.05, 0.1) is 12.3 Å². The molecule has 0 spiro atoms. The number of amides is 1. The van der Waals surface area contributed by atoms with Crippen LogP contribution in [-0.2, 0) is 20.7 Å². The second-order valence-electron chi connectivity index (χ2n) is 10.00. The number of rotatable bonds is 9. The zero-order valence-corrected chi connectivity index (χ0v) is 22.2. The highest BCUT2D eigenvalue weighted by atomic mass is 16.5. The number of ether oxygens (including phenoxy) is 1. The number of benzene rings is 1. The number of hydrogen-bond donors (Lipinski definition) is 3. The maximum absolute atomic E-state index is 12.3. The molecule has 0 radical (unpaired) electrons. The first-order valence-corrected chi connectivity index (χ1v) is 13.1. The van der Waals surface area contributed by atoms with Crippen LogP contribution in [0.1, 0.15) is 53.8 Å². The quantitative estimate of drug-likeness (QED) is 0.413. The normalized spacial score (nSPS) is 17.4. The smallest absolute Gasteiger partial charge is 0.322 e. The van der Waals surface area contributed by atoms with E-state index in [9.17, 15) is 19.5 Å². The van der Waals surface area contributed by atoms with Gasteiger partial charge in [-0.05, 0) is 55.4 Å². The molecule has 39 heavy (non-hydrogen) atoms. The number of carboxylic acids is 1. The molecular weight excluding hydrogens is 500 g/mol. The van der Waals surface area contributed by atoms with Crippen LogP contribution in [0.2, 0.25) is 0 Å². The van der Waals surface area contributed by atoms with Crippen molar-refractivity contribution < 1.29 is 29.3 Å². The third kappa shape index (κ3) is 7.43. The van der Waals surface area contributed by atoms with E-state index in [4.69, 9.17) is 9.84 Å². The number of aliphatic carboxylic acids is 1. The number of hydrogen-bond acceptors (Lipinski definition) is 8. The van der Waals surface area contributed by atoms with Crippen LogP contribution in [0.25, 0.3) is 5.57 Å². The number of anilines is 1. The van der Waals surface area contributed by atoms with Gasteiger partial charge in [-0.25, -0.2) is 9.97 Å². The monoisotopic (exact) mass is 534 g/mol. The topological polar surface area (TPSA) is 142 Å². The lowest BCUT2D eigenvalue weighted by atomic mass is 9.92. The van der Waals surface area contributed by atoms with Crippen LogP contribution in [0, 0.1) is 18.8 Å². The zero-order chi connectivity index (χ0) is 27.9. The molecule has 1 aliphatic carbocycles. The third-order valence-corrected chi connectivity index (χ3v) is 7.06. The van der Waals surface area contributed by atoms with Gasteiger partial charge in [0.15, 0.2) is 11.4 Å². The van der Waals surface area contributed by atoms with E-state index in [1.807, 2.05) is 0 Å². The predicted molar refractivity (Wildman–Crippen MR) is 145 cm³/mol. The van der Waals surface area contributed by atoms with E-state index in [-0.39, 0.29) is 23.3 Å². The molecular formula is C29H34N4O6. The van der Waals surface area contributed by atoms with Gasteiger partial charge in [-0.2, -0.15) is 0 Å². The van der Waals surface area contributed by atoms with Gasteiger partial charge in [0.2, 0.25) is 0 Å². The van der Waals surface area contributed by atoms with Gasteiger partial charge in [0.25, 0.3) is 5.91 Å². The first-order chi connectivity index (χ1) is 18.7. The number of carbonyl (C=O) groups excluding carboxylic acids is 2. The molecule has 0 saturated carbocycles. The molecule has 1 fully saturated rings. The highest BCUT2D eigenvalue weighted by Crippen LogP contribution is 2.29. The Bertz CT molecular complexity index is 1280. The molecule has 1 aromatic heterocycles. The van der Waals surface area contributed by atoms with E-state index < -0.39 is 18.4 Å². The first-order valence-electron chi connectivity index (χ1n) is 13.1. The van der Waals surface area contributed by atoms with E-state index >= 15 is 0 Å². The van der Waals surface area contributed by atoms with Crippen molar-refractivity contribution in [3.05, 3.63) is 65.3 Å². The van der Waals surface area contributed by atoms with E-state index in [1.165, 1.54) is 18.2 Å².